The first kappa shape index (κ1) is 15.6. The maximum absolute atomic E-state index is 12.0. The van der Waals surface area contributed by atoms with Gasteiger partial charge in [0.05, 0.1) is 12.5 Å². The van der Waals surface area contributed by atoms with Crippen molar-refractivity contribution in [1.29, 1.82) is 0 Å². The molecule has 2 atom stereocenters. The molecule has 0 fully saturated rings. The second-order valence-electron chi connectivity index (χ2n) is 4.67. The Kier molecular flexibility index (Phi) is 5.89. The molecule has 0 spiro atoms. The largest absolute Gasteiger partial charge is 0.466 e. The Labute approximate surface area is 114 Å². The summed E-state index contributed by atoms with van der Waals surface area (Å²) in [6.45, 7) is 5.66. The van der Waals surface area contributed by atoms with Crippen molar-refractivity contribution in [2.24, 2.45) is 5.92 Å². The lowest BCUT2D eigenvalue weighted by Crippen LogP contribution is -2.39. The van der Waals surface area contributed by atoms with Gasteiger partial charge in [0.25, 0.3) is 0 Å². The maximum atomic E-state index is 12.0. The number of carbonyl (C=O) groups excluding carboxylic acids is 1. The lowest BCUT2D eigenvalue weighted by Gasteiger charge is -2.29. The van der Waals surface area contributed by atoms with E-state index in [9.17, 15) is 9.90 Å². The summed E-state index contributed by atoms with van der Waals surface area (Å²) in [5, 5.41) is 10.6. The average molecular weight is 266 g/mol. The number of rotatable bonds is 7. The first-order chi connectivity index (χ1) is 9.04. The Morgan fingerprint density at radius 3 is 2.58 bits per heavy atom. The molecular weight excluding hydrogens is 244 g/mol. The van der Waals surface area contributed by atoms with Crippen molar-refractivity contribution in [2.75, 3.05) is 6.61 Å². The zero-order chi connectivity index (χ0) is 14.3. The second-order valence-corrected chi connectivity index (χ2v) is 4.67. The first-order valence-corrected chi connectivity index (χ1v) is 6.70. The lowest BCUT2D eigenvalue weighted by atomic mass is 9.84. The monoisotopic (exact) mass is 266 g/mol. The molecule has 1 N–H and O–H groups in total. The fraction of sp³-hybridized carbons (Fsp3) is 0.643. The third kappa shape index (κ3) is 3.99. The molecule has 0 aliphatic rings. The number of aromatic nitrogens is 2. The van der Waals surface area contributed by atoms with Crippen LogP contribution in [0.3, 0.4) is 0 Å². The topological polar surface area (TPSA) is 72.3 Å². The van der Waals surface area contributed by atoms with E-state index in [-0.39, 0.29) is 5.82 Å². The number of hydrogen-bond acceptors (Lipinski definition) is 5. The number of nitrogens with zero attached hydrogens (tertiary/aromatic N) is 2. The van der Waals surface area contributed by atoms with Gasteiger partial charge in [-0.05, 0) is 26.3 Å². The van der Waals surface area contributed by atoms with Crippen LogP contribution in [0.4, 0.5) is 0 Å². The summed E-state index contributed by atoms with van der Waals surface area (Å²) in [4.78, 5) is 20.1. The normalized spacial score (nSPS) is 15.6. The minimum Gasteiger partial charge on any atom is -0.466 e. The highest BCUT2D eigenvalue weighted by molar-refractivity contribution is 5.74. The predicted molar refractivity (Wildman–Crippen MR) is 71.3 cm³/mol. The Morgan fingerprint density at radius 2 is 2.05 bits per heavy atom. The Hall–Kier alpha value is -1.49. The molecule has 0 saturated carbocycles. The molecule has 5 heteroatoms. The number of aliphatic hydroxyl groups is 1. The molecular formula is C14H22N2O3. The van der Waals surface area contributed by atoms with Crippen LogP contribution >= 0.6 is 0 Å². The minimum atomic E-state index is -1.41. The number of unbranched alkanes of at least 4 members (excludes halogenated alkanes) is 1. The fourth-order valence-corrected chi connectivity index (χ4v) is 2.00. The molecule has 0 aromatic carbocycles. The van der Waals surface area contributed by atoms with Crippen LogP contribution in [0.25, 0.3) is 0 Å². The van der Waals surface area contributed by atoms with E-state index in [0.29, 0.717) is 13.0 Å². The lowest BCUT2D eigenvalue weighted by molar-refractivity contribution is -0.159. The summed E-state index contributed by atoms with van der Waals surface area (Å²) in [6, 6.07) is 1.67. The van der Waals surface area contributed by atoms with Crippen LogP contribution in [-0.4, -0.2) is 27.7 Å². The van der Waals surface area contributed by atoms with Gasteiger partial charge in [0.2, 0.25) is 0 Å². The Balaban J connectivity index is 2.97. The quantitative estimate of drug-likeness (QED) is 0.765. The summed E-state index contributed by atoms with van der Waals surface area (Å²) < 4.78 is 5.05. The van der Waals surface area contributed by atoms with E-state index < -0.39 is 17.5 Å². The van der Waals surface area contributed by atoms with Gasteiger partial charge in [-0.2, -0.15) is 0 Å². The van der Waals surface area contributed by atoms with Crippen LogP contribution in [0.2, 0.25) is 0 Å². The van der Waals surface area contributed by atoms with Crippen molar-refractivity contribution in [3.8, 4) is 0 Å². The molecule has 5 nitrogen and oxygen atoms in total. The molecule has 0 bridgehead atoms. The maximum Gasteiger partial charge on any atom is 0.312 e. The molecule has 1 rings (SSSR count). The molecule has 1 aromatic rings. The van der Waals surface area contributed by atoms with E-state index in [1.54, 1.807) is 32.3 Å². The van der Waals surface area contributed by atoms with E-state index in [2.05, 4.69) is 9.97 Å². The van der Waals surface area contributed by atoms with E-state index in [0.717, 1.165) is 12.8 Å². The van der Waals surface area contributed by atoms with Gasteiger partial charge in [-0.15, -0.1) is 0 Å². The SMILES string of the molecule is CCCCC(C(=O)OCC)C(C)(O)c1ncccn1. The molecule has 1 heterocycles. The number of esters is 1. The van der Waals surface area contributed by atoms with E-state index in [1.807, 2.05) is 6.92 Å². The molecule has 0 radical (unpaired) electrons. The summed E-state index contributed by atoms with van der Waals surface area (Å²) in [5.41, 5.74) is -1.41. The highest BCUT2D eigenvalue weighted by atomic mass is 16.5. The molecule has 2 unspecified atom stereocenters. The van der Waals surface area contributed by atoms with Crippen molar-refractivity contribution < 1.29 is 14.6 Å². The van der Waals surface area contributed by atoms with Gasteiger partial charge in [0, 0.05) is 12.4 Å². The molecule has 0 saturated heterocycles. The predicted octanol–water partition coefficient (Wildman–Crippen LogP) is 2.05. The molecule has 0 aliphatic carbocycles. The summed E-state index contributed by atoms with van der Waals surface area (Å²) in [6.07, 6.45) is 5.45. The zero-order valence-corrected chi connectivity index (χ0v) is 11.8. The third-order valence-electron chi connectivity index (χ3n) is 3.11. The zero-order valence-electron chi connectivity index (χ0n) is 11.8. The third-order valence-corrected chi connectivity index (χ3v) is 3.11. The van der Waals surface area contributed by atoms with Crippen LogP contribution in [0.1, 0.15) is 45.9 Å². The summed E-state index contributed by atoms with van der Waals surface area (Å²) in [7, 11) is 0. The number of hydrogen-bond donors (Lipinski definition) is 1. The molecule has 0 amide bonds. The average Bonchev–Trinajstić information content (AvgIpc) is 2.40. The smallest absolute Gasteiger partial charge is 0.312 e. The summed E-state index contributed by atoms with van der Waals surface area (Å²) >= 11 is 0. The number of carbonyl (C=O) groups is 1. The standard InChI is InChI=1S/C14H22N2O3/c1-4-6-8-11(12(17)19-5-2)14(3,18)13-15-9-7-10-16-13/h7,9-11,18H,4-6,8H2,1-3H3. The van der Waals surface area contributed by atoms with Crippen molar-refractivity contribution in [1.82, 2.24) is 9.97 Å². The minimum absolute atomic E-state index is 0.254. The van der Waals surface area contributed by atoms with Gasteiger partial charge >= 0.3 is 5.97 Å². The second kappa shape index (κ2) is 7.19. The van der Waals surface area contributed by atoms with Gasteiger partial charge in [-0.1, -0.05) is 19.8 Å². The van der Waals surface area contributed by atoms with Crippen LogP contribution in [0.5, 0.6) is 0 Å². The summed E-state index contributed by atoms with van der Waals surface area (Å²) in [5.74, 6) is -0.785. The highest BCUT2D eigenvalue weighted by Gasteiger charge is 2.41. The molecule has 0 aliphatic heterocycles. The van der Waals surface area contributed by atoms with Crippen molar-refractivity contribution in [2.45, 2.75) is 45.6 Å². The van der Waals surface area contributed by atoms with Gasteiger partial charge < -0.3 is 9.84 Å². The van der Waals surface area contributed by atoms with Gasteiger partial charge in [-0.25, -0.2) is 9.97 Å². The van der Waals surface area contributed by atoms with Crippen LogP contribution < -0.4 is 0 Å². The first-order valence-electron chi connectivity index (χ1n) is 6.70. The van der Waals surface area contributed by atoms with Gasteiger partial charge in [0.1, 0.15) is 5.60 Å². The van der Waals surface area contributed by atoms with E-state index >= 15 is 0 Å². The molecule has 19 heavy (non-hydrogen) atoms. The van der Waals surface area contributed by atoms with Crippen LogP contribution in [0, 0.1) is 5.92 Å². The van der Waals surface area contributed by atoms with Crippen molar-refractivity contribution >= 4 is 5.97 Å². The highest BCUT2D eigenvalue weighted by Crippen LogP contribution is 2.31. The van der Waals surface area contributed by atoms with Gasteiger partial charge in [-0.3, -0.25) is 4.79 Å². The van der Waals surface area contributed by atoms with E-state index in [1.165, 1.54) is 0 Å². The van der Waals surface area contributed by atoms with Gasteiger partial charge in [0.15, 0.2) is 5.82 Å². The van der Waals surface area contributed by atoms with E-state index in [4.69, 9.17) is 4.74 Å². The van der Waals surface area contributed by atoms with Crippen molar-refractivity contribution in [3.63, 3.8) is 0 Å². The Bertz CT molecular complexity index is 393. The molecule has 106 valence electrons. The van der Waals surface area contributed by atoms with Crippen LogP contribution in [0.15, 0.2) is 18.5 Å². The number of ether oxygens (including phenoxy) is 1. The van der Waals surface area contributed by atoms with Crippen molar-refractivity contribution in [3.05, 3.63) is 24.3 Å². The fourth-order valence-electron chi connectivity index (χ4n) is 2.00. The molecule has 1 aromatic heterocycles. The van der Waals surface area contributed by atoms with Crippen LogP contribution in [-0.2, 0) is 15.1 Å². The Morgan fingerprint density at radius 1 is 1.42 bits per heavy atom.